The van der Waals surface area contributed by atoms with E-state index >= 15 is 0 Å². The Morgan fingerprint density at radius 1 is 1.11 bits per heavy atom. The summed E-state index contributed by atoms with van der Waals surface area (Å²) in [5.41, 5.74) is 2.24. The zero-order valence-corrected chi connectivity index (χ0v) is 11.7. The first-order valence-electron chi connectivity index (χ1n) is 7.67. The Bertz CT molecular complexity index is 460. The molecule has 1 heterocycles. The number of fused-ring (bicyclic) bond motifs is 1. The molecule has 1 aromatic carbocycles. The number of hydrogen-bond donors (Lipinski definition) is 1. The number of benzene rings is 1. The van der Waals surface area contributed by atoms with Gasteiger partial charge < -0.3 is 5.32 Å². The highest BCUT2D eigenvalue weighted by Crippen LogP contribution is 2.41. The summed E-state index contributed by atoms with van der Waals surface area (Å²) in [5, 5.41) is 3.02. The summed E-state index contributed by atoms with van der Waals surface area (Å²) in [6.45, 7) is 2.30. The molecule has 3 rings (SSSR count). The molecule has 1 atom stereocenters. The molecule has 1 amide bonds. The Morgan fingerprint density at radius 3 is 2.53 bits per heavy atom. The molecule has 1 aliphatic heterocycles. The second-order valence-electron chi connectivity index (χ2n) is 6.16. The quantitative estimate of drug-likeness (QED) is 0.858. The maximum Gasteiger partial charge on any atom is 0.232 e. The molecular weight excluding hydrogens is 234 g/mol. The molecule has 1 N–H and O–H groups in total. The zero-order chi connectivity index (χ0) is 13.2. The van der Waals surface area contributed by atoms with Crippen LogP contribution in [0.25, 0.3) is 0 Å². The maximum atomic E-state index is 12.1. The van der Waals surface area contributed by atoms with E-state index in [9.17, 15) is 4.79 Å². The topological polar surface area (TPSA) is 29.1 Å². The van der Waals surface area contributed by atoms with E-state index in [-0.39, 0.29) is 11.8 Å². The van der Waals surface area contributed by atoms with Gasteiger partial charge in [-0.05, 0) is 29.9 Å². The number of amides is 1. The van der Waals surface area contributed by atoms with Crippen molar-refractivity contribution >= 4 is 11.6 Å². The number of hydrogen-bond acceptors (Lipinski definition) is 1. The number of para-hydroxylation sites is 1. The fourth-order valence-electron chi connectivity index (χ4n) is 3.72. The largest absolute Gasteiger partial charge is 0.325 e. The predicted molar refractivity (Wildman–Crippen MR) is 78.2 cm³/mol. The van der Waals surface area contributed by atoms with E-state index in [1.807, 2.05) is 18.2 Å². The minimum Gasteiger partial charge on any atom is -0.325 e. The van der Waals surface area contributed by atoms with Gasteiger partial charge in [0.1, 0.15) is 0 Å². The van der Waals surface area contributed by atoms with Gasteiger partial charge >= 0.3 is 0 Å². The highest BCUT2D eigenvalue weighted by Gasteiger charge is 2.33. The van der Waals surface area contributed by atoms with E-state index in [1.165, 1.54) is 37.7 Å². The summed E-state index contributed by atoms with van der Waals surface area (Å²) in [5.74, 6) is 1.98. The lowest BCUT2D eigenvalue weighted by Crippen LogP contribution is -2.20. The van der Waals surface area contributed by atoms with Gasteiger partial charge in [0, 0.05) is 5.69 Å². The van der Waals surface area contributed by atoms with Crippen molar-refractivity contribution in [2.75, 3.05) is 5.32 Å². The molecule has 102 valence electrons. The summed E-state index contributed by atoms with van der Waals surface area (Å²) >= 11 is 0. The molecule has 2 aliphatic rings. The lowest BCUT2D eigenvalue weighted by atomic mass is 9.76. The molecular formula is C17H23NO. The van der Waals surface area contributed by atoms with Crippen molar-refractivity contribution in [3.63, 3.8) is 0 Å². The molecule has 19 heavy (non-hydrogen) atoms. The SMILES string of the molecule is CCC1CCC(CC2C(=O)Nc3ccccc32)CC1. The first-order valence-corrected chi connectivity index (χ1v) is 7.67. The summed E-state index contributed by atoms with van der Waals surface area (Å²) in [7, 11) is 0. The molecule has 2 nitrogen and oxygen atoms in total. The lowest BCUT2D eigenvalue weighted by Gasteiger charge is -2.29. The van der Waals surface area contributed by atoms with Crippen molar-refractivity contribution in [3.05, 3.63) is 29.8 Å². The van der Waals surface area contributed by atoms with Crippen LogP contribution in [0.5, 0.6) is 0 Å². The number of anilines is 1. The third-order valence-corrected chi connectivity index (χ3v) is 5.02. The van der Waals surface area contributed by atoms with Crippen molar-refractivity contribution in [1.82, 2.24) is 0 Å². The Labute approximate surface area is 115 Å². The number of nitrogens with one attached hydrogen (secondary N) is 1. The van der Waals surface area contributed by atoms with Crippen LogP contribution in [0, 0.1) is 11.8 Å². The summed E-state index contributed by atoms with van der Waals surface area (Å²) in [6.07, 6.45) is 7.70. The fraction of sp³-hybridized carbons (Fsp3) is 0.588. The molecule has 1 fully saturated rings. The van der Waals surface area contributed by atoms with Gasteiger partial charge in [0.15, 0.2) is 0 Å². The standard InChI is InChI=1S/C17H23NO/c1-2-12-7-9-13(10-8-12)11-15-14-5-3-4-6-16(14)18-17(15)19/h3-6,12-13,15H,2,7-11H2,1H3,(H,18,19). The highest BCUT2D eigenvalue weighted by atomic mass is 16.2. The summed E-state index contributed by atoms with van der Waals surface area (Å²) in [6, 6.07) is 8.16. The Morgan fingerprint density at radius 2 is 1.79 bits per heavy atom. The van der Waals surface area contributed by atoms with Crippen LogP contribution in [0.4, 0.5) is 5.69 Å². The minimum atomic E-state index is 0.0966. The molecule has 1 saturated carbocycles. The zero-order valence-electron chi connectivity index (χ0n) is 11.7. The summed E-state index contributed by atoms with van der Waals surface area (Å²) < 4.78 is 0. The predicted octanol–water partition coefficient (Wildman–Crippen LogP) is 4.33. The normalized spacial score (nSPS) is 29.9. The van der Waals surface area contributed by atoms with Gasteiger partial charge in [-0.15, -0.1) is 0 Å². The Kier molecular flexibility index (Phi) is 3.58. The second-order valence-corrected chi connectivity index (χ2v) is 6.16. The molecule has 0 saturated heterocycles. The molecule has 2 heteroatoms. The van der Waals surface area contributed by atoms with Crippen molar-refractivity contribution in [3.8, 4) is 0 Å². The first-order chi connectivity index (χ1) is 9.28. The van der Waals surface area contributed by atoms with Gasteiger partial charge in [0.2, 0.25) is 5.91 Å². The smallest absolute Gasteiger partial charge is 0.232 e. The van der Waals surface area contributed by atoms with Gasteiger partial charge in [-0.3, -0.25) is 4.79 Å². The van der Waals surface area contributed by atoms with E-state index in [0.717, 1.165) is 23.9 Å². The molecule has 1 aromatic rings. The van der Waals surface area contributed by atoms with Crippen LogP contribution in [0.2, 0.25) is 0 Å². The van der Waals surface area contributed by atoms with E-state index in [4.69, 9.17) is 0 Å². The highest BCUT2D eigenvalue weighted by molar-refractivity contribution is 6.02. The van der Waals surface area contributed by atoms with E-state index in [1.54, 1.807) is 0 Å². The Hall–Kier alpha value is -1.31. The second kappa shape index (κ2) is 5.36. The summed E-state index contributed by atoms with van der Waals surface area (Å²) in [4.78, 5) is 12.1. The number of carbonyl (C=O) groups is 1. The molecule has 0 radical (unpaired) electrons. The van der Waals surface area contributed by atoms with Crippen molar-refractivity contribution in [1.29, 1.82) is 0 Å². The third kappa shape index (κ3) is 2.54. The van der Waals surface area contributed by atoms with E-state index in [0.29, 0.717) is 0 Å². The Balaban J connectivity index is 1.66. The van der Waals surface area contributed by atoms with Crippen LogP contribution in [-0.2, 0) is 4.79 Å². The van der Waals surface area contributed by atoms with Gasteiger partial charge in [0.25, 0.3) is 0 Å². The molecule has 0 bridgehead atoms. The van der Waals surface area contributed by atoms with Crippen LogP contribution in [-0.4, -0.2) is 5.91 Å². The fourth-order valence-corrected chi connectivity index (χ4v) is 3.72. The monoisotopic (exact) mass is 257 g/mol. The molecule has 0 spiro atoms. The van der Waals surface area contributed by atoms with Crippen LogP contribution >= 0.6 is 0 Å². The average Bonchev–Trinajstić information content (AvgIpc) is 2.76. The number of rotatable bonds is 3. The van der Waals surface area contributed by atoms with E-state index < -0.39 is 0 Å². The van der Waals surface area contributed by atoms with Crippen molar-refractivity contribution in [2.45, 2.75) is 51.4 Å². The first kappa shape index (κ1) is 12.7. The molecule has 0 aromatic heterocycles. The van der Waals surface area contributed by atoms with Crippen LogP contribution in [0.15, 0.2) is 24.3 Å². The van der Waals surface area contributed by atoms with Crippen molar-refractivity contribution < 1.29 is 4.79 Å². The molecule has 1 aliphatic carbocycles. The number of carbonyl (C=O) groups excluding carboxylic acids is 1. The average molecular weight is 257 g/mol. The third-order valence-electron chi connectivity index (χ3n) is 5.02. The van der Waals surface area contributed by atoms with Crippen LogP contribution in [0.3, 0.4) is 0 Å². The minimum absolute atomic E-state index is 0.0966. The van der Waals surface area contributed by atoms with Gasteiger partial charge in [-0.1, -0.05) is 57.2 Å². The van der Waals surface area contributed by atoms with Crippen molar-refractivity contribution in [2.24, 2.45) is 11.8 Å². The van der Waals surface area contributed by atoms with Gasteiger partial charge in [-0.2, -0.15) is 0 Å². The van der Waals surface area contributed by atoms with E-state index in [2.05, 4.69) is 18.3 Å². The van der Waals surface area contributed by atoms with Gasteiger partial charge in [0.05, 0.1) is 5.92 Å². The maximum absolute atomic E-state index is 12.1. The van der Waals surface area contributed by atoms with Gasteiger partial charge in [-0.25, -0.2) is 0 Å². The van der Waals surface area contributed by atoms with Crippen LogP contribution < -0.4 is 5.32 Å². The van der Waals surface area contributed by atoms with Crippen LogP contribution in [0.1, 0.15) is 56.9 Å². The lowest BCUT2D eigenvalue weighted by molar-refractivity contribution is -0.117. The molecule has 1 unspecified atom stereocenters.